The summed E-state index contributed by atoms with van der Waals surface area (Å²) >= 11 is 6.09. The van der Waals surface area contributed by atoms with E-state index in [9.17, 15) is 4.79 Å². The molecule has 0 spiro atoms. The van der Waals surface area contributed by atoms with Gasteiger partial charge in [0.1, 0.15) is 17.9 Å². The van der Waals surface area contributed by atoms with Crippen LogP contribution in [0.25, 0.3) is 0 Å². The number of ether oxygens (including phenoxy) is 1. The second kappa shape index (κ2) is 6.57. The summed E-state index contributed by atoms with van der Waals surface area (Å²) in [5.74, 6) is 0.386. The van der Waals surface area contributed by atoms with Crippen molar-refractivity contribution in [1.82, 2.24) is 5.32 Å². The van der Waals surface area contributed by atoms with E-state index in [4.69, 9.17) is 21.6 Å². The van der Waals surface area contributed by atoms with Crippen molar-refractivity contribution in [3.63, 3.8) is 0 Å². The van der Waals surface area contributed by atoms with Gasteiger partial charge in [-0.3, -0.25) is 4.79 Å². The fourth-order valence-electron chi connectivity index (χ4n) is 3.91. The molecule has 1 amide bonds. The van der Waals surface area contributed by atoms with Crippen molar-refractivity contribution >= 4 is 17.5 Å². The van der Waals surface area contributed by atoms with Gasteiger partial charge in [0.2, 0.25) is 0 Å². The van der Waals surface area contributed by atoms with Crippen molar-refractivity contribution in [2.45, 2.75) is 39.8 Å². The summed E-state index contributed by atoms with van der Waals surface area (Å²) in [6.07, 6.45) is 1.31. The lowest BCUT2D eigenvalue weighted by Gasteiger charge is -2.63. The third-order valence-corrected chi connectivity index (χ3v) is 5.28. The van der Waals surface area contributed by atoms with Gasteiger partial charge in [0.05, 0.1) is 10.6 Å². The van der Waals surface area contributed by atoms with Crippen LogP contribution in [0.3, 0.4) is 0 Å². The van der Waals surface area contributed by atoms with Crippen LogP contribution in [0.15, 0.2) is 43.0 Å². The number of benzene rings is 1. The molecule has 1 aliphatic rings. The monoisotopic (exact) mass is 358 g/mol. The maximum Gasteiger partial charge on any atom is 0.250 e. The number of amides is 1. The maximum atomic E-state index is 12.2. The van der Waals surface area contributed by atoms with E-state index in [-0.39, 0.29) is 28.9 Å². The van der Waals surface area contributed by atoms with Crippen LogP contribution in [-0.2, 0) is 4.79 Å². The number of hydrogen-bond donors (Lipinski definition) is 1. The highest BCUT2D eigenvalue weighted by Crippen LogP contribution is 2.55. The van der Waals surface area contributed by atoms with Crippen LogP contribution >= 0.6 is 11.6 Å². The topological polar surface area (TPSA) is 62.1 Å². The summed E-state index contributed by atoms with van der Waals surface area (Å²) in [6.45, 7) is 15.5. The Kier molecular flexibility index (Phi) is 5.02. The number of carbonyl (C=O) groups is 1. The van der Waals surface area contributed by atoms with Crippen molar-refractivity contribution in [2.24, 2.45) is 10.8 Å². The minimum Gasteiger partial charge on any atom is -0.489 e. The zero-order chi connectivity index (χ0) is 19.0. The van der Waals surface area contributed by atoms with Gasteiger partial charge in [-0.1, -0.05) is 58.5 Å². The smallest absolute Gasteiger partial charge is 0.250 e. The van der Waals surface area contributed by atoms with Crippen LogP contribution in [0, 0.1) is 22.2 Å². The minimum absolute atomic E-state index is 0.0805. The SMILES string of the molecule is C=CC(=C)C(=O)NC1C(C)(C)C(Oc2ccc(C#N)c(Cl)c2)C1(C)C. The lowest BCUT2D eigenvalue weighted by molar-refractivity contribution is -0.172. The highest BCUT2D eigenvalue weighted by Gasteiger charge is 2.64. The fourth-order valence-corrected chi connectivity index (χ4v) is 4.13. The molecule has 0 bridgehead atoms. The minimum atomic E-state index is -0.291. The first kappa shape index (κ1) is 19.1. The summed E-state index contributed by atoms with van der Waals surface area (Å²) in [7, 11) is 0. The summed E-state index contributed by atoms with van der Waals surface area (Å²) in [6, 6.07) is 6.98. The molecule has 0 heterocycles. The van der Waals surface area contributed by atoms with E-state index in [0.717, 1.165) is 0 Å². The molecule has 1 aliphatic carbocycles. The van der Waals surface area contributed by atoms with Crippen LogP contribution in [0.5, 0.6) is 5.75 Å². The highest BCUT2D eigenvalue weighted by atomic mass is 35.5. The second-order valence-electron chi connectivity index (χ2n) is 7.53. The molecule has 0 unspecified atom stereocenters. The molecule has 1 aromatic rings. The van der Waals surface area contributed by atoms with E-state index in [1.807, 2.05) is 6.07 Å². The molecule has 0 aliphatic heterocycles. The number of halogens is 1. The third-order valence-electron chi connectivity index (χ3n) is 4.97. The highest BCUT2D eigenvalue weighted by molar-refractivity contribution is 6.31. The number of carbonyl (C=O) groups excluding carboxylic acids is 1. The Bertz CT molecular complexity index is 758. The van der Waals surface area contributed by atoms with Crippen LogP contribution in [-0.4, -0.2) is 18.1 Å². The Labute approximate surface area is 154 Å². The van der Waals surface area contributed by atoms with Crippen LogP contribution in [0.1, 0.15) is 33.3 Å². The molecular formula is C20H23ClN2O2. The molecule has 1 aromatic carbocycles. The third kappa shape index (κ3) is 3.29. The van der Waals surface area contributed by atoms with E-state index in [1.54, 1.807) is 18.2 Å². The summed E-state index contributed by atoms with van der Waals surface area (Å²) < 4.78 is 6.17. The van der Waals surface area contributed by atoms with E-state index in [0.29, 0.717) is 21.9 Å². The van der Waals surface area contributed by atoms with Crippen molar-refractivity contribution in [3.05, 3.63) is 53.6 Å². The van der Waals surface area contributed by atoms with Gasteiger partial charge in [-0.25, -0.2) is 0 Å². The molecule has 0 aromatic heterocycles. The molecule has 0 atom stereocenters. The molecule has 4 nitrogen and oxygen atoms in total. The molecule has 2 rings (SSSR count). The van der Waals surface area contributed by atoms with Gasteiger partial charge in [-0.05, 0) is 12.1 Å². The second-order valence-corrected chi connectivity index (χ2v) is 7.94. The average Bonchev–Trinajstić information content (AvgIpc) is 2.56. The van der Waals surface area contributed by atoms with E-state index in [2.05, 4.69) is 46.2 Å². The summed E-state index contributed by atoms with van der Waals surface area (Å²) in [4.78, 5) is 12.2. The summed E-state index contributed by atoms with van der Waals surface area (Å²) in [5, 5.41) is 12.4. The van der Waals surface area contributed by atoms with E-state index >= 15 is 0 Å². The number of nitriles is 1. The quantitative estimate of drug-likeness (QED) is 0.632. The van der Waals surface area contributed by atoms with Crippen LogP contribution in [0.2, 0.25) is 5.02 Å². The Morgan fingerprint density at radius 2 is 1.96 bits per heavy atom. The molecule has 1 N–H and O–H groups in total. The van der Waals surface area contributed by atoms with Crippen molar-refractivity contribution < 1.29 is 9.53 Å². The first-order valence-electron chi connectivity index (χ1n) is 8.04. The van der Waals surface area contributed by atoms with E-state index < -0.39 is 0 Å². The lowest BCUT2D eigenvalue weighted by atomic mass is 9.49. The Morgan fingerprint density at radius 1 is 1.36 bits per heavy atom. The van der Waals surface area contributed by atoms with Crippen molar-refractivity contribution in [2.75, 3.05) is 0 Å². The van der Waals surface area contributed by atoms with Gasteiger partial charge in [0.15, 0.2) is 0 Å². The standard InChI is InChI=1S/C20H23ClN2O2/c1-7-12(2)16(24)23-17-19(3,4)18(20(17,5)6)25-14-9-8-13(11-22)15(21)10-14/h7-10,17-18H,1-2H2,3-6H3,(H,23,24). The van der Waals surface area contributed by atoms with Gasteiger partial charge < -0.3 is 10.1 Å². The zero-order valence-corrected chi connectivity index (χ0v) is 15.8. The largest absolute Gasteiger partial charge is 0.489 e. The molecule has 1 fully saturated rings. The van der Waals surface area contributed by atoms with Crippen LogP contribution in [0.4, 0.5) is 0 Å². The Balaban J connectivity index is 2.19. The maximum absolute atomic E-state index is 12.2. The van der Waals surface area contributed by atoms with Gasteiger partial charge in [0.25, 0.3) is 5.91 Å². The number of nitrogens with zero attached hydrogens (tertiary/aromatic N) is 1. The number of rotatable bonds is 5. The van der Waals surface area contributed by atoms with E-state index in [1.165, 1.54) is 6.08 Å². The zero-order valence-electron chi connectivity index (χ0n) is 15.0. The van der Waals surface area contributed by atoms with Crippen molar-refractivity contribution in [1.29, 1.82) is 5.26 Å². The predicted octanol–water partition coefficient (Wildman–Crippen LogP) is 4.25. The lowest BCUT2D eigenvalue weighted by Crippen LogP contribution is -2.74. The van der Waals surface area contributed by atoms with Crippen LogP contribution < -0.4 is 10.1 Å². The molecule has 132 valence electrons. The molecule has 1 saturated carbocycles. The fraction of sp³-hybridized carbons (Fsp3) is 0.400. The van der Waals surface area contributed by atoms with Gasteiger partial charge in [0, 0.05) is 28.5 Å². The normalized spacial score (nSPS) is 22.9. The molecular weight excluding hydrogens is 336 g/mol. The summed E-state index contributed by atoms with van der Waals surface area (Å²) in [5.41, 5.74) is 0.172. The first-order valence-corrected chi connectivity index (χ1v) is 8.42. The Hall–Kier alpha value is -2.25. The van der Waals surface area contributed by atoms with Gasteiger partial charge >= 0.3 is 0 Å². The van der Waals surface area contributed by atoms with Gasteiger partial charge in [-0.15, -0.1) is 0 Å². The molecule has 25 heavy (non-hydrogen) atoms. The molecule has 0 radical (unpaired) electrons. The first-order chi connectivity index (χ1) is 11.6. The number of hydrogen-bond acceptors (Lipinski definition) is 3. The van der Waals surface area contributed by atoms with Gasteiger partial charge in [-0.2, -0.15) is 5.26 Å². The number of nitrogens with one attached hydrogen (secondary N) is 1. The average molecular weight is 359 g/mol. The molecule has 0 saturated heterocycles. The van der Waals surface area contributed by atoms with Crippen molar-refractivity contribution in [3.8, 4) is 11.8 Å². The Morgan fingerprint density at radius 3 is 2.44 bits per heavy atom. The molecule has 5 heteroatoms. The predicted molar refractivity (Wildman–Crippen MR) is 99.4 cm³/mol.